The summed E-state index contributed by atoms with van der Waals surface area (Å²) in [4.78, 5) is 10.7. The van der Waals surface area contributed by atoms with Crippen molar-refractivity contribution < 1.29 is 9.90 Å². The number of amides is 1. The Labute approximate surface area is 67.0 Å². The van der Waals surface area contributed by atoms with Crippen LogP contribution in [0, 0.1) is 0 Å². The molecular weight excluding hydrogens is 144 g/mol. The van der Waals surface area contributed by atoms with Gasteiger partial charge in [0.05, 0.1) is 6.61 Å². The van der Waals surface area contributed by atoms with E-state index >= 15 is 0 Å². The molecule has 66 valence electrons. The molecule has 0 aromatic heterocycles. The van der Waals surface area contributed by atoms with E-state index in [4.69, 9.17) is 5.11 Å². The molecule has 0 aliphatic heterocycles. The SMILES string of the molecule is CNC(=O)CCCNCCO. The zero-order valence-electron chi connectivity index (χ0n) is 6.89. The maximum atomic E-state index is 10.7. The van der Waals surface area contributed by atoms with E-state index in [0.717, 1.165) is 13.0 Å². The normalized spacial score (nSPS) is 9.64. The minimum Gasteiger partial charge on any atom is -0.395 e. The molecule has 3 N–H and O–H groups in total. The van der Waals surface area contributed by atoms with Crippen LogP contribution in [0.15, 0.2) is 0 Å². The average molecular weight is 160 g/mol. The molecule has 0 saturated heterocycles. The van der Waals surface area contributed by atoms with Crippen LogP contribution in [0.25, 0.3) is 0 Å². The van der Waals surface area contributed by atoms with E-state index in [9.17, 15) is 4.79 Å². The van der Waals surface area contributed by atoms with Gasteiger partial charge < -0.3 is 15.7 Å². The van der Waals surface area contributed by atoms with Crippen LogP contribution in [-0.4, -0.2) is 37.8 Å². The van der Waals surface area contributed by atoms with Crippen LogP contribution in [0.5, 0.6) is 0 Å². The monoisotopic (exact) mass is 160 g/mol. The molecule has 1 amide bonds. The Kier molecular flexibility index (Phi) is 7.08. The van der Waals surface area contributed by atoms with Crippen molar-refractivity contribution in [2.75, 3.05) is 26.7 Å². The summed E-state index contributed by atoms with van der Waals surface area (Å²) in [5.74, 6) is 0.0656. The molecule has 0 unspecified atom stereocenters. The molecule has 0 fully saturated rings. The van der Waals surface area contributed by atoms with Crippen LogP contribution < -0.4 is 10.6 Å². The molecule has 11 heavy (non-hydrogen) atoms. The first-order chi connectivity index (χ1) is 5.31. The van der Waals surface area contributed by atoms with Crippen molar-refractivity contribution in [2.45, 2.75) is 12.8 Å². The van der Waals surface area contributed by atoms with E-state index in [-0.39, 0.29) is 12.5 Å². The highest BCUT2D eigenvalue weighted by Gasteiger charge is 1.95. The summed E-state index contributed by atoms with van der Waals surface area (Å²) in [5, 5.41) is 13.9. The maximum absolute atomic E-state index is 10.7. The summed E-state index contributed by atoms with van der Waals surface area (Å²) in [5.41, 5.74) is 0. The Hall–Kier alpha value is -0.610. The number of rotatable bonds is 6. The first kappa shape index (κ1) is 10.4. The predicted molar refractivity (Wildman–Crippen MR) is 43.3 cm³/mol. The van der Waals surface area contributed by atoms with Crippen LogP contribution in [0.2, 0.25) is 0 Å². The molecule has 0 aromatic carbocycles. The number of aliphatic hydroxyl groups is 1. The van der Waals surface area contributed by atoms with Gasteiger partial charge in [-0.2, -0.15) is 0 Å². The summed E-state index contributed by atoms with van der Waals surface area (Å²) in [6, 6.07) is 0. The Morgan fingerprint density at radius 2 is 2.18 bits per heavy atom. The number of hydrogen-bond acceptors (Lipinski definition) is 3. The lowest BCUT2D eigenvalue weighted by atomic mass is 10.3. The molecule has 0 spiro atoms. The Morgan fingerprint density at radius 1 is 1.45 bits per heavy atom. The fourth-order valence-corrected chi connectivity index (χ4v) is 0.703. The summed E-state index contributed by atoms with van der Waals surface area (Å²) in [7, 11) is 1.63. The van der Waals surface area contributed by atoms with Gasteiger partial charge in [0.15, 0.2) is 0 Å². The third-order valence-corrected chi connectivity index (χ3v) is 1.32. The molecule has 0 atom stereocenters. The fourth-order valence-electron chi connectivity index (χ4n) is 0.703. The van der Waals surface area contributed by atoms with E-state index in [1.165, 1.54) is 0 Å². The zero-order valence-corrected chi connectivity index (χ0v) is 6.89. The van der Waals surface area contributed by atoms with E-state index in [2.05, 4.69) is 10.6 Å². The number of hydrogen-bond donors (Lipinski definition) is 3. The second kappa shape index (κ2) is 7.50. The fraction of sp³-hybridized carbons (Fsp3) is 0.857. The minimum absolute atomic E-state index is 0.0656. The van der Waals surface area contributed by atoms with E-state index in [1.807, 2.05) is 0 Å². The highest BCUT2D eigenvalue weighted by Crippen LogP contribution is 1.84. The number of nitrogens with one attached hydrogen (secondary N) is 2. The predicted octanol–water partition coefficient (Wildman–Crippen LogP) is -0.905. The van der Waals surface area contributed by atoms with Gasteiger partial charge in [0.25, 0.3) is 0 Å². The second-order valence-electron chi connectivity index (χ2n) is 2.25. The van der Waals surface area contributed by atoms with Crippen LogP contribution in [0.3, 0.4) is 0 Å². The lowest BCUT2D eigenvalue weighted by molar-refractivity contribution is -0.120. The van der Waals surface area contributed by atoms with Crippen molar-refractivity contribution in [1.29, 1.82) is 0 Å². The third kappa shape index (κ3) is 7.29. The molecule has 0 rings (SSSR count). The van der Waals surface area contributed by atoms with Crippen molar-refractivity contribution in [2.24, 2.45) is 0 Å². The number of carbonyl (C=O) groups excluding carboxylic acids is 1. The van der Waals surface area contributed by atoms with Crippen molar-refractivity contribution >= 4 is 5.91 Å². The molecule has 0 aliphatic carbocycles. The van der Waals surface area contributed by atoms with Gasteiger partial charge in [-0.05, 0) is 13.0 Å². The molecule has 0 aliphatic rings. The largest absolute Gasteiger partial charge is 0.395 e. The van der Waals surface area contributed by atoms with Gasteiger partial charge in [-0.15, -0.1) is 0 Å². The smallest absolute Gasteiger partial charge is 0.219 e. The van der Waals surface area contributed by atoms with Gasteiger partial charge in [-0.3, -0.25) is 4.79 Å². The minimum atomic E-state index is 0.0656. The summed E-state index contributed by atoms with van der Waals surface area (Å²) < 4.78 is 0. The van der Waals surface area contributed by atoms with Gasteiger partial charge >= 0.3 is 0 Å². The van der Waals surface area contributed by atoms with Crippen LogP contribution >= 0.6 is 0 Å². The molecule has 4 nitrogen and oxygen atoms in total. The maximum Gasteiger partial charge on any atom is 0.219 e. The van der Waals surface area contributed by atoms with Crippen molar-refractivity contribution in [1.82, 2.24) is 10.6 Å². The lowest BCUT2D eigenvalue weighted by Crippen LogP contribution is -2.22. The summed E-state index contributed by atoms with van der Waals surface area (Å²) in [6.07, 6.45) is 1.37. The summed E-state index contributed by atoms with van der Waals surface area (Å²) >= 11 is 0. The molecule has 4 heteroatoms. The number of carbonyl (C=O) groups is 1. The second-order valence-corrected chi connectivity index (χ2v) is 2.25. The van der Waals surface area contributed by atoms with E-state index < -0.39 is 0 Å². The Morgan fingerprint density at radius 3 is 2.73 bits per heavy atom. The molecule has 0 aromatic rings. The zero-order chi connectivity index (χ0) is 8.53. The Bertz CT molecular complexity index is 107. The van der Waals surface area contributed by atoms with Gasteiger partial charge in [0.1, 0.15) is 0 Å². The van der Waals surface area contributed by atoms with E-state index in [1.54, 1.807) is 7.05 Å². The molecular formula is C7H16N2O2. The van der Waals surface area contributed by atoms with Crippen LogP contribution in [0.1, 0.15) is 12.8 Å². The molecule has 0 radical (unpaired) electrons. The standard InChI is InChI=1S/C7H16N2O2/c1-8-7(11)3-2-4-9-5-6-10/h9-10H,2-6H2,1H3,(H,8,11). The first-order valence-corrected chi connectivity index (χ1v) is 3.83. The van der Waals surface area contributed by atoms with Gasteiger partial charge in [0, 0.05) is 20.0 Å². The van der Waals surface area contributed by atoms with Gasteiger partial charge in [0.2, 0.25) is 5.91 Å². The quantitative estimate of drug-likeness (QED) is 0.441. The van der Waals surface area contributed by atoms with Crippen LogP contribution in [0.4, 0.5) is 0 Å². The Balaban J connectivity index is 2.95. The van der Waals surface area contributed by atoms with Crippen molar-refractivity contribution in [3.05, 3.63) is 0 Å². The van der Waals surface area contributed by atoms with Crippen LogP contribution in [-0.2, 0) is 4.79 Å². The van der Waals surface area contributed by atoms with Crippen molar-refractivity contribution in [3.63, 3.8) is 0 Å². The summed E-state index contributed by atoms with van der Waals surface area (Å²) in [6.45, 7) is 1.54. The molecule has 0 heterocycles. The van der Waals surface area contributed by atoms with Gasteiger partial charge in [-0.1, -0.05) is 0 Å². The number of aliphatic hydroxyl groups excluding tert-OH is 1. The van der Waals surface area contributed by atoms with Gasteiger partial charge in [-0.25, -0.2) is 0 Å². The average Bonchev–Trinajstić information content (AvgIpc) is 2.04. The third-order valence-electron chi connectivity index (χ3n) is 1.32. The molecule has 0 bridgehead atoms. The molecule has 0 saturated carbocycles. The topological polar surface area (TPSA) is 61.4 Å². The van der Waals surface area contributed by atoms with E-state index in [0.29, 0.717) is 13.0 Å². The highest BCUT2D eigenvalue weighted by atomic mass is 16.3. The van der Waals surface area contributed by atoms with Crippen molar-refractivity contribution in [3.8, 4) is 0 Å². The lowest BCUT2D eigenvalue weighted by Gasteiger charge is -2.01. The highest BCUT2D eigenvalue weighted by molar-refractivity contribution is 5.75. The first-order valence-electron chi connectivity index (χ1n) is 3.83.